The van der Waals surface area contributed by atoms with Gasteiger partial charge in [0.1, 0.15) is 5.82 Å². The average molecular weight is 284 g/mol. The van der Waals surface area contributed by atoms with Crippen LogP contribution in [0.3, 0.4) is 0 Å². The van der Waals surface area contributed by atoms with E-state index in [0.29, 0.717) is 11.5 Å². The van der Waals surface area contributed by atoms with Crippen molar-refractivity contribution in [3.63, 3.8) is 0 Å². The number of halogens is 1. The molecule has 5 heteroatoms. The topological polar surface area (TPSA) is 32.3 Å². The highest BCUT2D eigenvalue weighted by molar-refractivity contribution is 7.85. The van der Waals surface area contributed by atoms with Crippen molar-refractivity contribution in [1.29, 1.82) is 0 Å². The Labute approximate surface area is 116 Å². The maximum Gasteiger partial charge on any atom is 0.130 e. The molecule has 0 saturated carbocycles. The molecule has 19 heavy (non-hydrogen) atoms. The van der Waals surface area contributed by atoms with Crippen molar-refractivity contribution in [3.8, 4) is 0 Å². The summed E-state index contributed by atoms with van der Waals surface area (Å²) in [5.74, 6) is 1.18. The van der Waals surface area contributed by atoms with Crippen LogP contribution in [-0.2, 0) is 10.8 Å². The predicted octanol–water partition coefficient (Wildman–Crippen LogP) is 2.06. The lowest BCUT2D eigenvalue weighted by Crippen LogP contribution is -2.39. The van der Waals surface area contributed by atoms with Crippen molar-refractivity contribution >= 4 is 16.5 Å². The molecule has 1 aliphatic heterocycles. The van der Waals surface area contributed by atoms with Gasteiger partial charge in [-0.3, -0.25) is 4.21 Å². The standard InChI is InChI=1S/C14H21FN2OS/c1-3-16-11(2)14-12(15)5-4-6-13(14)17-7-9-19(18)10-8-17/h4-6,11,16H,3,7-10H2,1-2H3. The van der Waals surface area contributed by atoms with Crippen LogP contribution >= 0.6 is 0 Å². The molecule has 2 rings (SSSR count). The van der Waals surface area contributed by atoms with Gasteiger partial charge < -0.3 is 10.2 Å². The zero-order valence-electron chi connectivity index (χ0n) is 11.5. The minimum atomic E-state index is -0.712. The Morgan fingerprint density at radius 3 is 2.74 bits per heavy atom. The molecule has 0 spiro atoms. The second-order valence-electron chi connectivity index (χ2n) is 4.79. The van der Waals surface area contributed by atoms with Crippen LogP contribution in [0.15, 0.2) is 18.2 Å². The van der Waals surface area contributed by atoms with E-state index < -0.39 is 10.8 Å². The number of hydrogen-bond acceptors (Lipinski definition) is 3. The van der Waals surface area contributed by atoms with E-state index in [9.17, 15) is 8.60 Å². The monoisotopic (exact) mass is 284 g/mol. The van der Waals surface area contributed by atoms with E-state index in [1.165, 1.54) is 6.07 Å². The van der Waals surface area contributed by atoms with Crippen molar-refractivity contribution in [3.05, 3.63) is 29.6 Å². The van der Waals surface area contributed by atoms with Gasteiger partial charge in [-0.05, 0) is 25.6 Å². The van der Waals surface area contributed by atoms with Crippen molar-refractivity contribution in [2.24, 2.45) is 0 Å². The molecule has 0 aliphatic carbocycles. The van der Waals surface area contributed by atoms with E-state index in [0.717, 1.165) is 30.9 Å². The van der Waals surface area contributed by atoms with E-state index in [-0.39, 0.29) is 11.9 Å². The number of nitrogens with zero attached hydrogens (tertiary/aromatic N) is 1. The molecule has 1 saturated heterocycles. The van der Waals surface area contributed by atoms with E-state index in [4.69, 9.17) is 0 Å². The first-order valence-electron chi connectivity index (χ1n) is 6.75. The Hall–Kier alpha value is -0.940. The van der Waals surface area contributed by atoms with Crippen molar-refractivity contribution in [1.82, 2.24) is 5.32 Å². The summed E-state index contributed by atoms with van der Waals surface area (Å²) in [5, 5.41) is 3.26. The second-order valence-corrected chi connectivity index (χ2v) is 6.48. The summed E-state index contributed by atoms with van der Waals surface area (Å²) in [6, 6.07) is 5.20. The third-order valence-corrected chi connectivity index (χ3v) is 4.77. The minimum absolute atomic E-state index is 0.0198. The average Bonchev–Trinajstić information content (AvgIpc) is 2.39. The maximum atomic E-state index is 14.1. The van der Waals surface area contributed by atoms with Gasteiger partial charge in [0.2, 0.25) is 0 Å². The molecule has 1 aromatic carbocycles. The lowest BCUT2D eigenvalue weighted by molar-refractivity contribution is 0.539. The van der Waals surface area contributed by atoms with Crippen LogP contribution in [0.1, 0.15) is 25.5 Å². The molecule has 3 nitrogen and oxygen atoms in total. The summed E-state index contributed by atoms with van der Waals surface area (Å²) in [4.78, 5) is 2.15. The summed E-state index contributed by atoms with van der Waals surface area (Å²) in [7, 11) is -0.712. The lowest BCUT2D eigenvalue weighted by atomic mass is 10.0. The smallest absolute Gasteiger partial charge is 0.130 e. The zero-order valence-corrected chi connectivity index (χ0v) is 12.3. The molecule has 0 amide bonds. The highest BCUT2D eigenvalue weighted by Crippen LogP contribution is 2.29. The highest BCUT2D eigenvalue weighted by atomic mass is 32.2. The van der Waals surface area contributed by atoms with E-state index in [2.05, 4.69) is 10.2 Å². The van der Waals surface area contributed by atoms with Gasteiger partial charge in [0.15, 0.2) is 0 Å². The summed E-state index contributed by atoms with van der Waals surface area (Å²) >= 11 is 0. The molecule has 0 radical (unpaired) electrons. The van der Waals surface area contributed by atoms with Crippen LogP contribution in [0.5, 0.6) is 0 Å². The second kappa shape index (κ2) is 6.48. The quantitative estimate of drug-likeness (QED) is 0.918. The minimum Gasteiger partial charge on any atom is -0.369 e. The summed E-state index contributed by atoms with van der Waals surface area (Å²) < 4.78 is 25.6. The van der Waals surface area contributed by atoms with Gasteiger partial charge in [0.25, 0.3) is 0 Å². The molecule has 1 fully saturated rings. The normalized spacial score (nSPS) is 18.6. The SMILES string of the molecule is CCNC(C)c1c(F)cccc1N1CCS(=O)CC1. The molecule has 0 bridgehead atoms. The Kier molecular flexibility index (Phi) is 4.93. The third-order valence-electron chi connectivity index (χ3n) is 3.49. The molecule has 1 unspecified atom stereocenters. The molecule has 1 aliphatic rings. The summed E-state index contributed by atoms with van der Waals surface area (Å²) in [5.41, 5.74) is 1.65. The number of benzene rings is 1. The third kappa shape index (κ3) is 3.34. The number of nitrogens with one attached hydrogen (secondary N) is 1. The Balaban J connectivity index is 2.29. The fourth-order valence-electron chi connectivity index (χ4n) is 2.52. The van der Waals surface area contributed by atoms with Crippen LogP contribution in [0, 0.1) is 5.82 Å². The zero-order chi connectivity index (χ0) is 13.8. The van der Waals surface area contributed by atoms with Crippen LogP contribution in [0.25, 0.3) is 0 Å². The van der Waals surface area contributed by atoms with Gasteiger partial charge in [-0.15, -0.1) is 0 Å². The first-order chi connectivity index (χ1) is 9.13. The Morgan fingerprint density at radius 2 is 2.11 bits per heavy atom. The summed E-state index contributed by atoms with van der Waals surface area (Å²) in [6.07, 6.45) is 0. The van der Waals surface area contributed by atoms with Crippen LogP contribution < -0.4 is 10.2 Å². The molecule has 0 aromatic heterocycles. The van der Waals surface area contributed by atoms with Crippen LogP contribution in [0.2, 0.25) is 0 Å². The molecule has 1 heterocycles. The van der Waals surface area contributed by atoms with Crippen molar-refractivity contribution in [2.45, 2.75) is 19.9 Å². The van der Waals surface area contributed by atoms with Crippen LogP contribution in [-0.4, -0.2) is 35.3 Å². The maximum absolute atomic E-state index is 14.1. The van der Waals surface area contributed by atoms with Crippen molar-refractivity contribution < 1.29 is 8.60 Å². The van der Waals surface area contributed by atoms with Gasteiger partial charge in [0, 0.05) is 52.7 Å². The first kappa shape index (κ1) is 14.5. The number of rotatable bonds is 4. The highest BCUT2D eigenvalue weighted by Gasteiger charge is 2.22. The van der Waals surface area contributed by atoms with E-state index in [1.54, 1.807) is 6.07 Å². The molecule has 1 atom stereocenters. The summed E-state index contributed by atoms with van der Waals surface area (Å²) in [6.45, 7) is 6.28. The molecule has 1 N–H and O–H groups in total. The fraction of sp³-hybridized carbons (Fsp3) is 0.571. The largest absolute Gasteiger partial charge is 0.369 e. The van der Waals surface area contributed by atoms with Gasteiger partial charge in [0.05, 0.1) is 0 Å². The molecular formula is C14H21FN2OS. The van der Waals surface area contributed by atoms with Gasteiger partial charge in [-0.2, -0.15) is 0 Å². The van der Waals surface area contributed by atoms with E-state index >= 15 is 0 Å². The number of hydrogen-bond donors (Lipinski definition) is 1. The van der Waals surface area contributed by atoms with Gasteiger partial charge in [-0.25, -0.2) is 4.39 Å². The van der Waals surface area contributed by atoms with Crippen LogP contribution in [0.4, 0.5) is 10.1 Å². The Morgan fingerprint density at radius 1 is 1.42 bits per heavy atom. The van der Waals surface area contributed by atoms with Gasteiger partial charge >= 0.3 is 0 Å². The fourth-order valence-corrected chi connectivity index (χ4v) is 3.57. The lowest BCUT2D eigenvalue weighted by Gasteiger charge is -2.31. The van der Waals surface area contributed by atoms with E-state index in [1.807, 2.05) is 19.9 Å². The number of anilines is 1. The van der Waals surface area contributed by atoms with Gasteiger partial charge in [-0.1, -0.05) is 13.0 Å². The van der Waals surface area contributed by atoms with Crippen molar-refractivity contribution in [2.75, 3.05) is 36.0 Å². The predicted molar refractivity (Wildman–Crippen MR) is 78.6 cm³/mol. The molecule has 1 aromatic rings. The first-order valence-corrected chi connectivity index (χ1v) is 8.24. The molecular weight excluding hydrogens is 263 g/mol. The molecule has 106 valence electrons. The Bertz CT molecular complexity index is 457.